The number of amides is 2. The highest BCUT2D eigenvalue weighted by Crippen LogP contribution is 2.39. The Morgan fingerprint density at radius 3 is 2.30 bits per heavy atom. The number of anilines is 1. The Kier molecular flexibility index (Phi) is 5.48. The van der Waals surface area contributed by atoms with Gasteiger partial charge in [-0.3, -0.25) is 9.69 Å². The standard InChI is InChI=1S/C22H31N3O2/c1-15(26)16-6-4-7-17(12-16)23-22(27)24-18-13-20-10-5-11-21(14-18)25(20)19-8-2-3-9-19/h4,6-7,12,18-21H,2-3,5,8-11,13-14H2,1H3,(H2,23,24,27)/t18?,20-,21+. The summed E-state index contributed by atoms with van der Waals surface area (Å²) in [5, 5.41) is 6.09. The lowest BCUT2D eigenvalue weighted by atomic mass is 9.80. The highest BCUT2D eigenvalue weighted by atomic mass is 16.2. The number of hydrogen-bond acceptors (Lipinski definition) is 3. The van der Waals surface area contributed by atoms with E-state index in [1.54, 1.807) is 18.2 Å². The van der Waals surface area contributed by atoms with Crippen LogP contribution in [0.4, 0.5) is 10.5 Å². The molecule has 2 amide bonds. The van der Waals surface area contributed by atoms with Crippen molar-refractivity contribution in [3.63, 3.8) is 0 Å². The van der Waals surface area contributed by atoms with Crippen molar-refractivity contribution in [3.8, 4) is 0 Å². The summed E-state index contributed by atoms with van der Waals surface area (Å²) in [6.45, 7) is 1.54. The Balaban J connectivity index is 1.35. The second-order valence-corrected chi connectivity index (χ2v) is 8.53. The summed E-state index contributed by atoms with van der Waals surface area (Å²) >= 11 is 0. The molecule has 3 aliphatic rings. The zero-order chi connectivity index (χ0) is 18.8. The maximum atomic E-state index is 12.5. The molecule has 146 valence electrons. The first-order chi connectivity index (χ1) is 13.1. The lowest BCUT2D eigenvalue weighted by molar-refractivity contribution is -0.00680. The van der Waals surface area contributed by atoms with Gasteiger partial charge in [0.15, 0.2) is 5.78 Å². The van der Waals surface area contributed by atoms with E-state index >= 15 is 0 Å². The lowest BCUT2D eigenvalue weighted by Gasteiger charge is -2.51. The average molecular weight is 370 g/mol. The summed E-state index contributed by atoms with van der Waals surface area (Å²) in [7, 11) is 0. The number of carbonyl (C=O) groups excluding carboxylic acids is 2. The minimum Gasteiger partial charge on any atom is -0.335 e. The molecule has 1 saturated carbocycles. The fraction of sp³-hybridized carbons (Fsp3) is 0.636. The van der Waals surface area contributed by atoms with E-state index in [9.17, 15) is 9.59 Å². The predicted molar refractivity (Wildman–Crippen MR) is 107 cm³/mol. The fourth-order valence-corrected chi connectivity index (χ4v) is 5.50. The number of carbonyl (C=O) groups is 2. The highest BCUT2D eigenvalue weighted by molar-refractivity contribution is 5.96. The number of nitrogens with zero attached hydrogens (tertiary/aromatic N) is 1. The van der Waals surface area contributed by atoms with Gasteiger partial charge in [-0.25, -0.2) is 4.79 Å². The number of rotatable bonds is 4. The molecule has 2 heterocycles. The predicted octanol–water partition coefficient (Wildman–Crippen LogP) is 4.34. The van der Waals surface area contributed by atoms with E-state index in [1.165, 1.54) is 51.9 Å². The molecule has 4 rings (SSSR count). The summed E-state index contributed by atoms with van der Waals surface area (Å²) in [6.07, 6.45) is 11.5. The van der Waals surface area contributed by atoms with Gasteiger partial charge < -0.3 is 10.6 Å². The molecular formula is C22H31N3O2. The van der Waals surface area contributed by atoms with Crippen molar-refractivity contribution in [3.05, 3.63) is 29.8 Å². The molecule has 0 spiro atoms. The van der Waals surface area contributed by atoms with Gasteiger partial charge in [-0.05, 0) is 57.6 Å². The largest absolute Gasteiger partial charge is 0.335 e. The molecule has 2 bridgehead atoms. The van der Waals surface area contributed by atoms with Crippen LogP contribution in [-0.2, 0) is 0 Å². The third-order valence-electron chi connectivity index (χ3n) is 6.64. The molecule has 1 aromatic rings. The van der Waals surface area contributed by atoms with Crippen LogP contribution in [0.25, 0.3) is 0 Å². The first-order valence-electron chi connectivity index (χ1n) is 10.6. The SMILES string of the molecule is CC(=O)c1cccc(NC(=O)NC2C[C@H]3CCC[C@@H](C2)N3C2CCCC2)c1. The molecule has 0 aromatic heterocycles. The van der Waals surface area contributed by atoms with Crippen LogP contribution in [0.1, 0.15) is 75.1 Å². The maximum Gasteiger partial charge on any atom is 0.319 e. The minimum atomic E-state index is -0.159. The third-order valence-corrected chi connectivity index (χ3v) is 6.64. The van der Waals surface area contributed by atoms with E-state index in [1.807, 2.05) is 6.07 Å². The summed E-state index contributed by atoms with van der Waals surface area (Å²) in [5.74, 6) is 0.00571. The molecule has 5 heteroatoms. The average Bonchev–Trinajstić information content (AvgIpc) is 3.15. The normalized spacial score (nSPS) is 28.7. The van der Waals surface area contributed by atoms with E-state index in [0.717, 1.165) is 18.9 Å². The molecular weight excluding hydrogens is 338 g/mol. The number of Topliss-reactive ketones (excluding diaryl/α,β-unsaturated/α-hetero) is 1. The number of benzene rings is 1. The van der Waals surface area contributed by atoms with Gasteiger partial charge in [-0.15, -0.1) is 0 Å². The molecule has 3 fully saturated rings. The zero-order valence-electron chi connectivity index (χ0n) is 16.2. The van der Waals surface area contributed by atoms with Gasteiger partial charge in [-0.1, -0.05) is 31.4 Å². The zero-order valence-corrected chi connectivity index (χ0v) is 16.2. The van der Waals surface area contributed by atoms with Crippen molar-refractivity contribution in [1.29, 1.82) is 0 Å². The Hall–Kier alpha value is -1.88. The molecule has 1 unspecified atom stereocenters. The summed E-state index contributed by atoms with van der Waals surface area (Å²) in [4.78, 5) is 26.8. The molecule has 1 aliphatic carbocycles. The number of hydrogen-bond donors (Lipinski definition) is 2. The van der Waals surface area contributed by atoms with Gasteiger partial charge in [0.25, 0.3) is 0 Å². The fourth-order valence-electron chi connectivity index (χ4n) is 5.50. The third kappa shape index (κ3) is 4.18. The quantitative estimate of drug-likeness (QED) is 0.776. The van der Waals surface area contributed by atoms with Crippen LogP contribution in [0.15, 0.2) is 24.3 Å². The van der Waals surface area contributed by atoms with Crippen molar-refractivity contribution in [2.75, 3.05) is 5.32 Å². The molecule has 2 saturated heterocycles. The molecule has 27 heavy (non-hydrogen) atoms. The second-order valence-electron chi connectivity index (χ2n) is 8.53. The number of ketones is 1. The Morgan fingerprint density at radius 1 is 0.963 bits per heavy atom. The number of piperidine rings is 2. The monoisotopic (exact) mass is 369 g/mol. The van der Waals surface area contributed by atoms with Crippen molar-refractivity contribution in [2.45, 2.75) is 88.9 Å². The van der Waals surface area contributed by atoms with Crippen molar-refractivity contribution in [1.82, 2.24) is 10.2 Å². The topological polar surface area (TPSA) is 61.4 Å². The van der Waals surface area contributed by atoms with Gasteiger partial charge >= 0.3 is 6.03 Å². The molecule has 2 N–H and O–H groups in total. The van der Waals surface area contributed by atoms with Crippen LogP contribution in [0.2, 0.25) is 0 Å². The van der Waals surface area contributed by atoms with E-state index in [-0.39, 0.29) is 17.9 Å². The molecule has 1 aromatic carbocycles. The van der Waals surface area contributed by atoms with Crippen LogP contribution in [0.3, 0.4) is 0 Å². The minimum absolute atomic E-state index is 0.00571. The Labute approximate surface area is 161 Å². The van der Waals surface area contributed by atoms with Crippen LogP contribution in [0, 0.1) is 0 Å². The number of nitrogens with one attached hydrogen (secondary N) is 2. The van der Waals surface area contributed by atoms with Crippen molar-refractivity contribution in [2.24, 2.45) is 0 Å². The lowest BCUT2D eigenvalue weighted by Crippen LogP contribution is -2.59. The van der Waals surface area contributed by atoms with Crippen LogP contribution in [0.5, 0.6) is 0 Å². The van der Waals surface area contributed by atoms with Gasteiger partial charge in [-0.2, -0.15) is 0 Å². The van der Waals surface area contributed by atoms with Gasteiger partial charge in [0.05, 0.1) is 0 Å². The van der Waals surface area contributed by atoms with Crippen molar-refractivity contribution >= 4 is 17.5 Å². The summed E-state index contributed by atoms with van der Waals surface area (Å²) < 4.78 is 0. The second kappa shape index (κ2) is 8.01. The van der Waals surface area contributed by atoms with E-state index < -0.39 is 0 Å². The van der Waals surface area contributed by atoms with Crippen LogP contribution < -0.4 is 10.6 Å². The first kappa shape index (κ1) is 18.5. The summed E-state index contributed by atoms with van der Waals surface area (Å²) in [6, 6.07) is 9.26. The highest BCUT2D eigenvalue weighted by Gasteiger charge is 2.42. The Morgan fingerprint density at radius 2 is 1.63 bits per heavy atom. The van der Waals surface area contributed by atoms with Crippen LogP contribution >= 0.6 is 0 Å². The Bertz CT molecular complexity index is 685. The molecule has 3 atom stereocenters. The van der Waals surface area contributed by atoms with E-state index in [0.29, 0.717) is 23.3 Å². The van der Waals surface area contributed by atoms with E-state index in [2.05, 4.69) is 15.5 Å². The number of urea groups is 1. The maximum absolute atomic E-state index is 12.5. The van der Waals surface area contributed by atoms with E-state index in [4.69, 9.17) is 0 Å². The summed E-state index contributed by atoms with van der Waals surface area (Å²) in [5.41, 5.74) is 1.29. The first-order valence-corrected chi connectivity index (χ1v) is 10.6. The smallest absolute Gasteiger partial charge is 0.319 e. The van der Waals surface area contributed by atoms with Crippen LogP contribution in [-0.4, -0.2) is 40.9 Å². The molecule has 0 radical (unpaired) electrons. The van der Waals surface area contributed by atoms with Crippen molar-refractivity contribution < 1.29 is 9.59 Å². The van der Waals surface area contributed by atoms with Gasteiger partial charge in [0, 0.05) is 35.4 Å². The molecule has 2 aliphatic heterocycles. The molecule has 5 nitrogen and oxygen atoms in total. The number of fused-ring (bicyclic) bond motifs is 2. The van der Waals surface area contributed by atoms with Gasteiger partial charge in [0.1, 0.15) is 0 Å². The van der Waals surface area contributed by atoms with Gasteiger partial charge in [0.2, 0.25) is 0 Å².